The SMILES string of the molecule is CCC(C)C(NC(=O)OC(C)(C)C)C(=O)N(CCO)C(C(=O)NC(C)(C)C)c1cccc(C)c1O. The third-order valence-electron chi connectivity index (χ3n) is 5.40. The Morgan fingerprint density at radius 3 is 2.20 bits per heavy atom. The number of aliphatic hydroxyl groups is 1. The van der Waals surface area contributed by atoms with Crippen LogP contribution < -0.4 is 10.6 Å². The number of carbonyl (C=O) groups excluding carboxylic acids is 3. The number of benzene rings is 1. The largest absolute Gasteiger partial charge is 0.507 e. The molecule has 1 aromatic carbocycles. The third kappa shape index (κ3) is 9.05. The van der Waals surface area contributed by atoms with Gasteiger partial charge < -0.3 is 30.5 Å². The maximum Gasteiger partial charge on any atom is 0.408 e. The first-order chi connectivity index (χ1) is 16.0. The van der Waals surface area contributed by atoms with E-state index in [-0.39, 0.29) is 23.8 Å². The number of rotatable bonds is 9. The van der Waals surface area contributed by atoms with Crippen LogP contribution in [0.3, 0.4) is 0 Å². The van der Waals surface area contributed by atoms with Crippen LogP contribution in [0.25, 0.3) is 0 Å². The van der Waals surface area contributed by atoms with Gasteiger partial charge in [0, 0.05) is 17.6 Å². The molecule has 9 nitrogen and oxygen atoms in total. The van der Waals surface area contributed by atoms with Gasteiger partial charge in [0.05, 0.1) is 6.61 Å². The summed E-state index contributed by atoms with van der Waals surface area (Å²) in [6, 6.07) is 2.71. The van der Waals surface area contributed by atoms with Crippen LogP contribution in [0.5, 0.6) is 5.75 Å². The Balaban J connectivity index is 3.58. The van der Waals surface area contributed by atoms with Crippen molar-refractivity contribution in [1.82, 2.24) is 15.5 Å². The summed E-state index contributed by atoms with van der Waals surface area (Å²) in [4.78, 5) is 41.2. The van der Waals surface area contributed by atoms with Crippen molar-refractivity contribution < 1.29 is 29.3 Å². The number of ether oxygens (including phenoxy) is 1. The highest BCUT2D eigenvalue weighted by molar-refractivity contribution is 5.93. The van der Waals surface area contributed by atoms with Gasteiger partial charge in [-0.1, -0.05) is 38.5 Å². The number of para-hydroxylation sites is 1. The van der Waals surface area contributed by atoms with Crippen LogP contribution >= 0.6 is 0 Å². The minimum absolute atomic E-state index is 0.113. The lowest BCUT2D eigenvalue weighted by molar-refractivity contribution is -0.144. The molecule has 0 fully saturated rings. The van der Waals surface area contributed by atoms with Crippen molar-refractivity contribution >= 4 is 17.9 Å². The molecule has 3 atom stereocenters. The first-order valence-corrected chi connectivity index (χ1v) is 12.0. The molecule has 0 bridgehead atoms. The average molecular weight is 494 g/mol. The molecule has 0 aromatic heterocycles. The summed E-state index contributed by atoms with van der Waals surface area (Å²) < 4.78 is 5.36. The topological polar surface area (TPSA) is 128 Å². The van der Waals surface area contributed by atoms with Crippen molar-refractivity contribution in [2.24, 2.45) is 5.92 Å². The Morgan fingerprint density at radius 2 is 1.71 bits per heavy atom. The first kappa shape index (κ1) is 30.2. The number of aryl methyl sites for hydroxylation is 1. The lowest BCUT2D eigenvalue weighted by atomic mass is 9.94. The summed E-state index contributed by atoms with van der Waals surface area (Å²) in [5.41, 5.74) is -0.611. The maximum atomic E-state index is 13.9. The van der Waals surface area contributed by atoms with E-state index in [1.807, 2.05) is 34.6 Å². The Hall–Kier alpha value is -2.81. The molecule has 0 aliphatic rings. The van der Waals surface area contributed by atoms with Crippen molar-refractivity contribution in [3.63, 3.8) is 0 Å². The number of phenols is 1. The van der Waals surface area contributed by atoms with E-state index in [2.05, 4.69) is 10.6 Å². The number of aliphatic hydroxyl groups excluding tert-OH is 1. The monoisotopic (exact) mass is 493 g/mol. The fourth-order valence-corrected chi connectivity index (χ4v) is 3.56. The van der Waals surface area contributed by atoms with Crippen LogP contribution in [-0.4, -0.2) is 63.4 Å². The molecule has 3 amide bonds. The Labute approximate surface area is 209 Å². The molecule has 0 aliphatic carbocycles. The molecule has 0 saturated carbocycles. The van der Waals surface area contributed by atoms with Gasteiger partial charge in [0.2, 0.25) is 11.8 Å². The molecular formula is C26H43N3O6. The van der Waals surface area contributed by atoms with E-state index < -0.39 is 47.7 Å². The van der Waals surface area contributed by atoms with Gasteiger partial charge in [-0.3, -0.25) is 9.59 Å². The highest BCUT2D eigenvalue weighted by atomic mass is 16.6. The predicted molar refractivity (Wildman–Crippen MR) is 135 cm³/mol. The van der Waals surface area contributed by atoms with Crippen molar-refractivity contribution in [3.8, 4) is 5.75 Å². The van der Waals surface area contributed by atoms with Gasteiger partial charge >= 0.3 is 6.09 Å². The number of hydrogen-bond acceptors (Lipinski definition) is 6. The molecule has 3 unspecified atom stereocenters. The standard InChI is InChI=1S/C26H43N3O6/c1-10-16(2)19(27-24(34)35-26(7,8)9)23(33)29(14-15-30)20(22(32)28-25(4,5)6)18-13-11-12-17(3)21(18)31/h11-13,16,19-20,30-31H,10,14-15H2,1-9H3,(H,27,34)(H,28,32). The highest BCUT2D eigenvalue weighted by Gasteiger charge is 2.39. The average Bonchev–Trinajstić information content (AvgIpc) is 2.71. The Kier molecular flexibility index (Phi) is 10.6. The smallest absolute Gasteiger partial charge is 0.408 e. The van der Waals surface area contributed by atoms with Crippen molar-refractivity contribution in [3.05, 3.63) is 29.3 Å². The Bertz CT molecular complexity index is 888. The number of carbonyl (C=O) groups is 3. The summed E-state index contributed by atoms with van der Waals surface area (Å²) in [6.07, 6.45) is -0.192. The van der Waals surface area contributed by atoms with Gasteiger partial charge in [-0.25, -0.2) is 4.79 Å². The molecule has 0 radical (unpaired) electrons. The number of phenolic OH excluding ortho intramolecular Hbond substituents is 1. The molecule has 0 spiro atoms. The molecule has 9 heteroatoms. The number of aromatic hydroxyl groups is 1. The number of amides is 3. The lowest BCUT2D eigenvalue weighted by Crippen LogP contribution is -2.56. The van der Waals surface area contributed by atoms with Gasteiger partial charge in [-0.05, 0) is 59.9 Å². The van der Waals surface area contributed by atoms with Gasteiger partial charge in [0.15, 0.2) is 0 Å². The summed E-state index contributed by atoms with van der Waals surface area (Å²) in [6.45, 7) is 15.4. The first-order valence-electron chi connectivity index (χ1n) is 12.0. The van der Waals surface area contributed by atoms with Crippen LogP contribution in [0.2, 0.25) is 0 Å². The molecule has 1 aromatic rings. The maximum absolute atomic E-state index is 13.9. The van der Waals surface area contributed by atoms with Crippen LogP contribution in [0.15, 0.2) is 18.2 Å². The number of alkyl carbamates (subject to hydrolysis) is 1. The van der Waals surface area contributed by atoms with Crippen molar-refractivity contribution in [1.29, 1.82) is 0 Å². The van der Waals surface area contributed by atoms with Crippen LogP contribution in [0.4, 0.5) is 4.79 Å². The van der Waals surface area contributed by atoms with Gasteiger partial charge in [0.25, 0.3) is 0 Å². The van der Waals surface area contributed by atoms with E-state index in [1.165, 1.54) is 4.90 Å². The zero-order valence-electron chi connectivity index (χ0n) is 22.6. The molecule has 1 rings (SSSR count). The minimum atomic E-state index is -1.24. The molecule has 198 valence electrons. The minimum Gasteiger partial charge on any atom is -0.507 e. The predicted octanol–water partition coefficient (Wildman–Crippen LogP) is 3.42. The number of hydrogen-bond donors (Lipinski definition) is 4. The zero-order chi connectivity index (χ0) is 27.1. The molecule has 0 heterocycles. The molecule has 4 N–H and O–H groups in total. The Morgan fingerprint density at radius 1 is 1.11 bits per heavy atom. The third-order valence-corrected chi connectivity index (χ3v) is 5.40. The van der Waals surface area contributed by atoms with E-state index in [0.29, 0.717) is 12.0 Å². The van der Waals surface area contributed by atoms with Gasteiger partial charge in [0.1, 0.15) is 23.4 Å². The summed E-state index contributed by atoms with van der Waals surface area (Å²) >= 11 is 0. The van der Waals surface area contributed by atoms with E-state index in [4.69, 9.17) is 4.74 Å². The molecule has 35 heavy (non-hydrogen) atoms. The van der Waals surface area contributed by atoms with E-state index in [9.17, 15) is 24.6 Å². The summed E-state index contributed by atoms with van der Waals surface area (Å²) in [7, 11) is 0. The molecule has 0 saturated heterocycles. The van der Waals surface area contributed by atoms with E-state index in [0.717, 1.165) is 0 Å². The lowest BCUT2D eigenvalue weighted by Gasteiger charge is -2.37. The normalized spacial score (nSPS) is 14.5. The molecule has 0 aliphatic heterocycles. The number of nitrogens with zero attached hydrogens (tertiary/aromatic N) is 1. The van der Waals surface area contributed by atoms with Crippen molar-refractivity contribution in [2.75, 3.05) is 13.2 Å². The van der Waals surface area contributed by atoms with Gasteiger partial charge in [-0.15, -0.1) is 0 Å². The second-order valence-corrected chi connectivity index (χ2v) is 10.9. The second-order valence-electron chi connectivity index (χ2n) is 10.9. The highest BCUT2D eigenvalue weighted by Crippen LogP contribution is 2.33. The van der Waals surface area contributed by atoms with Crippen LogP contribution in [0.1, 0.15) is 79.0 Å². The van der Waals surface area contributed by atoms with E-state index >= 15 is 0 Å². The summed E-state index contributed by atoms with van der Waals surface area (Å²) in [5.74, 6) is -1.49. The quantitative estimate of drug-likeness (QED) is 0.417. The fraction of sp³-hybridized carbons (Fsp3) is 0.654. The van der Waals surface area contributed by atoms with Gasteiger partial charge in [-0.2, -0.15) is 0 Å². The van der Waals surface area contributed by atoms with E-state index in [1.54, 1.807) is 45.9 Å². The summed E-state index contributed by atoms with van der Waals surface area (Å²) in [5, 5.41) is 26.2. The second kappa shape index (κ2) is 12.2. The van der Waals surface area contributed by atoms with Crippen LogP contribution in [0, 0.1) is 12.8 Å². The zero-order valence-corrected chi connectivity index (χ0v) is 22.6. The number of nitrogens with one attached hydrogen (secondary N) is 2. The van der Waals surface area contributed by atoms with Crippen molar-refractivity contribution in [2.45, 2.75) is 92.0 Å². The fourth-order valence-electron chi connectivity index (χ4n) is 3.56. The van der Waals surface area contributed by atoms with Crippen LogP contribution in [-0.2, 0) is 14.3 Å². The molecular weight excluding hydrogens is 450 g/mol.